The molecule has 0 bridgehead atoms. The van der Waals surface area contributed by atoms with Gasteiger partial charge in [0.1, 0.15) is 0 Å². The quantitative estimate of drug-likeness (QED) is 0.519. The lowest BCUT2D eigenvalue weighted by Crippen LogP contribution is -2.05. The summed E-state index contributed by atoms with van der Waals surface area (Å²) in [5, 5.41) is 12.7. The summed E-state index contributed by atoms with van der Waals surface area (Å²) >= 11 is 0. The van der Waals surface area contributed by atoms with Crippen molar-refractivity contribution >= 4 is 5.97 Å². The zero-order valence-electron chi connectivity index (χ0n) is 16.4. The third-order valence-electron chi connectivity index (χ3n) is 3.97. The van der Waals surface area contributed by atoms with E-state index in [1.807, 2.05) is 0 Å². The summed E-state index contributed by atoms with van der Waals surface area (Å²) in [7, 11) is 0. The average Bonchev–Trinajstić information content (AvgIpc) is 3.14. The summed E-state index contributed by atoms with van der Waals surface area (Å²) in [6.07, 6.45) is 3.05. The van der Waals surface area contributed by atoms with E-state index < -0.39 is 17.9 Å². The first kappa shape index (κ1) is 22.1. The number of pyridine rings is 2. The Balaban J connectivity index is 0.000000253. The van der Waals surface area contributed by atoms with Crippen LogP contribution in [0.1, 0.15) is 39.8 Å². The highest BCUT2D eigenvalue weighted by molar-refractivity contribution is 5.88. The van der Waals surface area contributed by atoms with Crippen LogP contribution in [0.3, 0.4) is 0 Å². The number of nitrogens with zero attached hydrogens (tertiary/aromatic N) is 4. The number of aryl methyl sites for hydroxylation is 2. The van der Waals surface area contributed by atoms with E-state index in [0.717, 1.165) is 5.56 Å². The van der Waals surface area contributed by atoms with Gasteiger partial charge in [0.15, 0.2) is 0 Å². The number of esters is 1. The van der Waals surface area contributed by atoms with Crippen LogP contribution in [0.5, 0.6) is 0 Å². The monoisotopic (exact) mass is 404 g/mol. The summed E-state index contributed by atoms with van der Waals surface area (Å²) in [5.74, 6) is -1.41. The molecule has 0 aliphatic heterocycles. The number of aliphatic hydroxyl groups excluding tert-OH is 1. The van der Waals surface area contributed by atoms with Crippen molar-refractivity contribution in [3.8, 4) is 0 Å². The minimum absolute atomic E-state index is 0.0842. The Hall–Kier alpha value is -3.20. The summed E-state index contributed by atoms with van der Waals surface area (Å²) in [6, 6.07) is 5.72. The highest BCUT2D eigenvalue weighted by Gasteiger charge is 2.10. The molecule has 29 heavy (non-hydrogen) atoms. The number of ether oxygens (including phenoxy) is 1. The third-order valence-corrected chi connectivity index (χ3v) is 3.97. The normalized spacial score (nSPS) is 10.3. The van der Waals surface area contributed by atoms with Crippen molar-refractivity contribution in [1.82, 2.24) is 19.7 Å². The van der Waals surface area contributed by atoms with E-state index in [0.29, 0.717) is 35.7 Å². The number of carbonyl (C=O) groups is 1. The average molecular weight is 404 g/mol. The molecule has 0 aliphatic carbocycles. The van der Waals surface area contributed by atoms with Crippen molar-refractivity contribution in [2.45, 2.75) is 33.9 Å². The standard InChI is InChI=1S/C13H14FN3O2.C7H8FNO/c1-3-19-13(18)11-6-15-17(8-11)7-10-4-5-12(14)16-9(10)2;1-5-6(4-10)2-3-7(8)9-5/h4-6,8H,3,7H2,1-2H3;2-3,10H,4H2,1H3. The third kappa shape index (κ3) is 6.42. The van der Waals surface area contributed by atoms with Crippen LogP contribution < -0.4 is 0 Å². The number of aliphatic hydroxyl groups is 1. The van der Waals surface area contributed by atoms with E-state index in [1.165, 1.54) is 24.4 Å². The van der Waals surface area contributed by atoms with Gasteiger partial charge in [-0.1, -0.05) is 12.1 Å². The van der Waals surface area contributed by atoms with Crippen molar-refractivity contribution < 1.29 is 23.4 Å². The molecular formula is C20H22F2N4O3. The van der Waals surface area contributed by atoms with E-state index in [4.69, 9.17) is 9.84 Å². The SMILES string of the molecule is CCOC(=O)c1cnn(Cc2ccc(F)nc2C)c1.Cc1nc(F)ccc1CO. The molecule has 0 amide bonds. The minimum Gasteiger partial charge on any atom is -0.462 e. The lowest BCUT2D eigenvalue weighted by Gasteiger charge is -2.04. The van der Waals surface area contributed by atoms with E-state index in [1.54, 1.807) is 37.7 Å². The van der Waals surface area contributed by atoms with E-state index in [2.05, 4.69) is 15.1 Å². The largest absolute Gasteiger partial charge is 0.462 e. The number of carbonyl (C=O) groups excluding carboxylic acids is 1. The van der Waals surface area contributed by atoms with Crippen LogP contribution in [0.2, 0.25) is 0 Å². The molecule has 3 heterocycles. The van der Waals surface area contributed by atoms with Gasteiger partial charge in [-0.3, -0.25) is 4.68 Å². The first-order valence-corrected chi connectivity index (χ1v) is 8.88. The van der Waals surface area contributed by atoms with Crippen molar-refractivity contribution in [3.05, 3.63) is 76.6 Å². The number of hydrogen-bond donors (Lipinski definition) is 1. The van der Waals surface area contributed by atoms with Crippen LogP contribution in [0.15, 0.2) is 36.7 Å². The summed E-state index contributed by atoms with van der Waals surface area (Å²) in [6.45, 7) is 5.81. The number of halogens is 2. The molecule has 3 aromatic heterocycles. The predicted octanol–water partition coefficient (Wildman–Crippen LogP) is 2.97. The van der Waals surface area contributed by atoms with Crippen LogP contribution in [0, 0.1) is 25.7 Å². The fraction of sp³-hybridized carbons (Fsp3) is 0.300. The predicted molar refractivity (Wildman–Crippen MR) is 101 cm³/mol. The first-order chi connectivity index (χ1) is 13.8. The summed E-state index contributed by atoms with van der Waals surface area (Å²) < 4.78 is 31.6. The molecule has 7 nitrogen and oxygen atoms in total. The fourth-order valence-electron chi connectivity index (χ4n) is 2.40. The van der Waals surface area contributed by atoms with Crippen molar-refractivity contribution in [2.24, 2.45) is 0 Å². The molecule has 0 aliphatic rings. The Morgan fingerprint density at radius 2 is 1.66 bits per heavy atom. The van der Waals surface area contributed by atoms with Crippen LogP contribution in [0.4, 0.5) is 8.78 Å². The Morgan fingerprint density at radius 1 is 1.07 bits per heavy atom. The lowest BCUT2D eigenvalue weighted by atomic mass is 10.2. The van der Waals surface area contributed by atoms with Crippen LogP contribution in [0.25, 0.3) is 0 Å². The zero-order valence-corrected chi connectivity index (χ0v) is 16.4. The van der Waals surface area contributed by atoms with Gasteiger partial charge in [-0.15, -0.1) is 0 Å². The molecule has 154 valence electrons. The molecule has 3 aromatic rings. The maximum atomic E-state index is 12.9. The van der Waals surface area contributed by atoms with Gasteiger partial charge in [0.05, 0.1) is 31.5 Å². The van der Waals surface area contributed by atoms with Crippen molar-refractivity contribution in [3.63, 3.8) is 0 Å². The van der Waals surface area contributed by atoms with Gasteiger partial charge in [0, 0.05) is 17.6 Å². The number of rotatable bonds is 5. The van der Waals surface area contributed by atoms with Crippen LogP contribution >= 0.6 is 0 Å². The van der Waals surface area contributed by atoms with Gasteiger partial charge in [-0.25, -0.2) is 14.8 Å². The van der Waals surface area contributed by atoms with Gasteiger partial charge >= 0.3 is 5.97 Å². The van der Waals surface area contributed by atoms with Crippen molar-refractivity contribution in [1.29, 1.82) is 0 Å². The van der Waals surface area contributed by atoms with Crippen LogP contribution in [-0.4, -0.2) is 37.4 Å². The summed E-state index contributed by atoms with van der Waals surface area (Å²) in [5.41, 5.74) is 3.06. The Bertz CT molecular complexity index is 976. The molecule has 0 saturated heterocycles. The molecule has 0 radical (unpaired) electrons. The summed E-state index contributed by atoms with van der Waals surface area (Å²) in [4.78, 5) is 18.7. The lowest BCUT2D eigenvalue weighted by molar-refractivity contribution is 0.0526. The smallest absolute Gasteiger partial charge is 0.341 e. The molecule has 0 fully saturated rings. The number of hydrogen-bond acceptors (Lipinski definition) is 6. The molecule has 0 aromatic carbocycles. The Kier molecular flexibility index (Phi) is 7.90. The highest BCUT2D eigenvalue weighted by atomic mass is 19.1. The van der Waals surface area contributed by atoms with Gasteiger partial charge < -0.3 is 9.84 Å². The van der Waals surface area contributed by atoms with Crippen molar-refractivity contribution in [2.75, 3.05) is 6.61 Å². The first-order valence-electron chi connectivity index (χ1n) is 8.88. The maximum absolute atomic E-state index is 12.9. The van der Waals surface area contributed by atoms with E-state index >= 15 is 0 Å². The Labute approximate surface area is 167 Å². The zero-order chi connectivity index (χ0) is 21.4. The fourth-order valence-corrected chi connectivity index (χ4v) is 2.40. The molecule has 0 unspecified atom stereocenters. The van der Waals surface area contributed by atoms with Gasteiger partial charge in [0.2, 0.25) is 11.9 Å². The van der Waals surface area contributed by atoms with Gasteiger partial charge in [0.25, 0.3) is 0 Å². The topological polar surface area (TPSA) is 90.1 Å². The number of aromatic nitrogens is 4. The molecule has 3 rings (SSSR count). The van der Waals surface area contributed by atoms with Gasteiger partial charge in [-0.05, 0) is 44.0 Å². The van der Waals surface area contributed by atoms with E-state index in [9.17, 15) is 13.6 Å². The highest BCUT2D eigenvalue weighted by Crippen LogP contribution is 2.09. The molecule has 0 saturated carbocycles. The maximum Gasteiger partial charge on any atom is 0.341 e. The van der Waals surface area contributed by atoms with Crippen LogP contribution in [-0.2, 0) is 17.9 Å². The molecule has 9 heteroatoms. The second-order valence-corrected chi connectivity index (χ2v) is 6.06. The molecular weight excluding hydrogens is 382 g/mol. The Morgan fingerprint density at radius 3 is 2.17 bits per heavy atom. The van der Waals surface area contributed by atoms with Gasteiger partial charge in [-0.2, -0.15) is 13.9 Å². The second-order valence-electron chi connectivity index (χ2n) is 6.06. The molecule has 0 spiro atoms. The van der Waals surface area contributed by atoms with E-state index in [-0.39, 0.29) is 6.61 Å². The minimum atomic E-state index is -0.506. The molecule has 0 atom stereocenters. The second kappa shape index (κ2) is 10.4. The molecule has 1 N–H and O–H groups in total.